The summed E-state index contributed by atoms with van der Waals surface area (Å²) in [6, 6.07) is 14.2. The summed E-state index contributed by atoms with van der Waals surface area (Å²) in [6.07, 6.45) is 6.12. The van der Waals surface area contributed by atoms with E-state index in [0.717, 1.165) is 42.4 Å². The third-order valence-electron chi connectivity index (χ3n) is 6.18. The molecule has 1 saturated carbocycles. The molecule has 0 spiro atoms. The molecule has 2 aromatic carbocycles. The number of nitrogens with zero attached hydrogens (tertiary/aromatic N) is 1. The molecule has 0 bridgehead atoms. The molecule has 33 heavy (non-hydrogen) atoms. The van der Waals surface area contributed by atoms with Crippen molar-refractivity contribution in [1.82, 2.24) is 10.2 Å². The van der Waals surface area contributed by atoms with Crippen molar-refractivity contribution >= 4 is 23.6 Å². The fourth-order valence-corrected chi connectivity index (χ4v) is 5.26. The largest absolute Gasteiger partial charge is 0.352 e. The molecule has 4 nitrogen and oxygen atoms in total. The topological polar surface area (TPSA) is 49.4 Å². The van der Waals surface area contributed by atoms with E-state index in [0.29, 0.717) is 18.7 Å². The minimum atomic E-state index is -0.494. The molecule has 0 aromatic heterocycles. The van der Waals surface area contributed by atoms with Gasteiger partial charge in [0.1, 0.15) is 11.9 Å². The molecule has 0 aliphatic heterocycles. The summed E-state index contributed by atoms with van der Waals surface area (Å²) >= 11 is 1.49. The second kappa shape index (κ2) is 12.8. The first-order valence-corrected chi connectivity index (χ1v) is 13.1. The zero-order chi connectivity index (χ0) is 23.6. The summed E-state index contributed by atoms with van der Waals surface area (Å²) < 4.78 is 13.1. The van der Waals surface area contributed by atoms with E-state index < -0.39 is 6.04 Å². The number of carbonyl (C=O) groups is 2. The van der Waals surface area contributed by atoms with Gasteiger partial charge in [0.25, 0.3) is 0 Å². The van der Waals surface area contributed by atoms with E-state index in [4.69, 9.17) is 0 Å². The maximum atomic E-state index is 13.3. The van der Waals surface area contributed by atoms with Crippen molar-refractivity contribution in [3.8, 4) is 0 Å². The van der Waals surface area contributed by atoms with Crippen LogP contribution in [0.15, 0.2) is 48.5 Å². The molecule has 0 unspecified atom stereocenters. The number of thioether (sulfide) groups is 1. The van der Waals surface area contributed by atoms with E-state index >= 15 is 0 Å². The quantitative estimate of drug-likeness (QED) is 0.490. The van der Waals surface area contributed by atoms with Gasteiger partial charge >= 0.3 is 0 Å². The summed E-state index contributed by atoms with van der Waals surface area (Å²) in [5, 5.41) is 3.21. The third-order valence-corrected chi connectivity index (χ3v) is 7.17. The number of aryl methyl sites for hydroxylation is 1. The molecule has 0 heterocycles. The van der Waals surface area contributed by atoms with Gasteiger partial charge in [-0.15, -0.1) is 11.8 Å². The number of rotatable bonds is 10. The van der Waals surface area contributed by atoms with Crippen LogP contribution in [0.4, 0.5) is 4.39 Å². The fourth-order valence-electron chi connectivity index (χ4n) is 4.39. The van der Waals surface area contributed by atoms with Gasteiger partial charge in [-0.25, -0.2) is 4.39 Å². The van der Waals surface area contributed by atoms with Gasteiger partial charge in [-0.2, -0.15) is 0 Å². The Morgan fingerprint density at radius 2 is 1.82 bits per heavy atom. The minimum absolute atomic E-state index is 0.0470. The Balaban J connectivity index is 1.69. The van der Waals surface area contributed by atoms with Crippen LogP contribution >= 0.6 is 11.8 Å². The summed E-state index contributed by atoms with van der Waals surface area (Å²) in [5.74, 6) is 0.535. The van der Waals surface area contributed by atoms with Crippen LogP contribution < -0.4 is 5.32 Å². The molecule has 1 aliphatic rings. The van der Waals surface area contributed by atoms with Gasteiger partial charge in [-0.1, -0.05) is 68.1 Å². The number of benzene rings is 2. The van der Waals surface area contributed by atoms with Crippen LogP contribution in [0.25, 0.3) is 0 Å². The molecule has 3 rings (SSSR count). The van der Waals surface area contributed by atoms with Crippen molar-refractivity contribution in [1.29, 1.82) is 0 Å². The molecule has 1 fully saturated rings. The normalized spacial score (nSPS) is 15.1. The van der Waals surface area contributed by atoms with Crippen LogP contribution in [0.1, 0.15) is 62.1 Å². The Morgan fingerprint density at radius 1 is 1.09 bits per heavy atom. The number of amides is 2. The zero-order valence-electron chi connectivity index (χ0n) is 19.7. The van der Waals surface area contributed by atoms with Crippen molar-refractivity contribution in [2.75, 3.05) is 5.75 Å². The van der Waals surface area contributed by atoms with Gasteiger partial charge in [0.15, 0.2) is 0 Å². The van der Waals surface area contributed by atoms with Gasteiger partial charge in [0.2, 0.25) is 11.8 Å². The lowest BCUT2D eigenvalue weighted by molar-refractivity contribution is -0.139. The number of hydrogen-bond donors (Lipinski definition) is 1. The molecule has 1 aliphatic carbocycles. The highest BCUT2D eigenvalue weighted by atomic mass is 32.2. The van der Waals surface area contributed by atoms with Crippen LogP contribution in [0.3, 0.4) is 0 Å². The molecule has 0 saturated heterocycles. The monoisotopic (exact) mass is 470 g/mol. The van der Waals surface area contributed by atoms with Crippen LogP contribution in [0.2, 0.25) is 0 Å². The Kier molecular flexibility index (Phi) is 9.79. The molecule has 0 radical (unpaired) electrons. The van der Waals surface area contributed by atoms with Crippen molar-refractivity contribution < 1.29 is 14.0 Å². The number of hydrogen-bond acceptors (Lipinski definition) is 3. The smallest absolute Gasteiger partial charge is 0.243 e. The van der Waals surface area contributed by atoms with Crippen LogP contribution in [0, 0.1) is 12.7 Å². The highest BCUT2D eigenvalue weighted by Gasteiger charge is 2.30. The average molecular weight is 471 g/mol. The number of carbonyl (C=O) groups excluding carboxylic acids is 2. The van der Waals surface area contributed by atoms with Gasteiger partial charge in [0, 0.05) is 18.3 Å². The molecule has 1 N–H and O–H groups in total. The van der Waals surface area contributed by atoms with Gasteiger partial charge in [-0.05, 0) is 49.4 Å². The number of nitrogens with one attached hydrogen (secondary N) is 1. The highest BCUT2D eigenvalue weighted by molar-refractivity contribution is 7.99. The predicted octanol–water partition coefficient (Wildman–Crippen LogP) is 5.62. The third kappa shape index (κ3) is 7.88. The molecule has 178 valence electrons. The van der Waals surface area contributed by atoms with Crippen LogP contribution in [-0.4, -0.2) is 34.6 Å². The van der Waals surface area contributed by atoms with E-state index in [2.05, 4.69) is 11.4 Å². The molecule has 2 amide bonds. The predicted molar refractivity (Wildman–Crippen MR) is 133 cm³/mol. The Labute approximate surface area is 201 Å². The Morgan fingerprint density at radius 3 is 2.48 bits per heavy atom. The minimum Gasteiger partial charge on any atom is -0.352 e. The van der Waals surface area contributed by atoms with Crippen molar-refractivity contribution in [2.45, 2.75) is 76.8 Å². The van der Waals surface area contributed by atoms with Crippen LogP contribution in [0.5, 0.6) is 0 Å². The lowest BCUT2D eigenvalue weighted by Crippen LogP contribution is -2.52. The summed E-state index contributed by atoms with van der Waals surface area (Å²) in [4.78, 5) is 28.3. The van der Waals surface area contributed by atoms with E-state index in [-0.39, 0.29) is 29.4 Å². The standard InChI is InChI=1S/C27H35FN2O2S/c1-3-25(27(32)29-24-10-5-4-6-11-24)30(17-22-9-7-8-20(2)16-22)26(31)19-33-18-21-12-14-23(28)15-13-21/h7-9,12-16,24-25H,3-6,10-11,17-19H2,1-2H3,(H,29,32)/t25-/m1/s1. The number of halogens is 1. The second-order valence-corrected chi connectivity index (χ2v) is 9.88. The fraction of sp³-hybridized carbons (Fsp3) is 0.481. The average Bonchev–Trinajstić information content (AvgIpc) is 2.81. The summed E-state index contributed by atoms with van der Waals surface area (Å²) in [5.41, 5.74) is 3.13. The summed E-state index contributed by atoms with van der Waals surface area (Å²) in [6.45, 7) is 4.41. The Hall–Kier alpha value is -2.34. The van der Waals surface area contributed by atoms with Crippen molar-refractivity contribution in [3.63, 3.8) is 0 Å². The zero-order valence-corrected chi connectivity index (χ0v) is 20.5. The SMILES string of the molecule is CC[C@H](C(=O)NC1CCCCC1)N(Cc1cccc(C)c1)C(=O)CSCc1ccc(F)cc1. The van der Waals surface area contributed by atoms with Gasteiger partial charge in [-0.3, -0.25) is 9.59 Å². The first kappa shape index (κ1) is 25.3. The highest BCUT2D eigenvalue weighted by Crippen LogP contribution is 2.20. The van der Waals surface area contributed by atoms with Gasteiger partial charge < -0.3 is 10.2 Å². The van der Waals surface area contributed by atoms with E-state index in [9.17, 15) is 14.0 Å². The molecule has 6 heteroatoms. The Bertz CT molecular complexity index is 913. The van der Waals surface area contributed by atoms with E-state index in [1.807, 2.05) is 32.0 Å². The maximum absolute atomic E-state index is 13.3. The van der Waals surface area contributed by atoms with Gasteiger partial charge in [0.05, 0.1) is 5.75 Å². The van der Waals surface area contributed by atoms with Crippen LogP contribution in [-0.2, 0) is 21.9 Å². The molecule has 2 aromatic rings. The first-order valence-electron chi connectivity index (χ1n) is 11.9. The lowest BCUT2D eigenvalue weighted by Gasteiger charge is -2.33. The summed E-state index contributed by atoms with van der Waals surface area (Å²) in [7, 11) is 0. The van der Waals surface area contributed by atoms with Crippen molar-refractivity contribution in [2.24, 2.45) is 0 Å². The molecule has 1 atom stereocenters. The lowest BCUT2D eigenvalue weighted by atomic mass is 9.95. The molecular formula is C27H35FN2O2S. The second-order valence-electron chi connectivity index (χ2n) is 8.90. The van der Waals surface area contributed by atoms with E-state index in [1.54, 1.807) is 17.0 Å². The van der Waals surface area contributed by atoms with E-state index in [1.165, 1.54) is 30.3 Å². The maximum Gasteiger partial charge on any atom is 0.243 e. The van der Waals surface area contributed by atoms with Crippen molar-refractivity contribution in [3.05, 3.63) is 71.0 Å². The molecular weight excluding hydrogens is 435 g/mol. The first-order chi connectivity index (χ1) is 16.0.